The molecule has 0 aromatic heterocycles. The van der Waals surface area contributed by atoms with Crippen LogP contribution in [0.25, 0.3) is 0 Å². The number of carbonyl (C=O) groups is 1. The molecule has 0 saturated carbocycles. The third kappa shape index (κ3) is 2.56. The second kappa shape index (κ2) is 4.74. The molecule has 80 valence electrons. The normalized spacial score (nSPS) is 37.6. The maximum absolute atomic E-state index is 10.7. The fourth-order valence-electron chi connectivity index (χ4n) is 1.17. The monoisotopic (exact) mass is 328 g/mol. The average molecular weight is 330 g/mol. The lowest BCUT2D eigenvalue weighted by atomic mass is 9.99. The molecule has 2 N–H and O–H groups in total. The lowest BCUT2D eigenvalue weighted by Gasteiger charge is -2.31. The van der Waals surface area contributed by atoms with Gasteiger partial charge in [0.1, 0.15) is 18.3 Å². The van der Waals surface area contributed by atoms with Crippen LogP contribution >= 0.6 is 31.9 Å². The number of alkyl halides is 1. The molecule has 4 unspecified atom stereocenters. The van der Waals surface area contributed by atoms with Crippen LogP contribution in [0, 0.1) is 0 Å². The van der Waals surface area contributed by atoms with Gasteiger partial charge in [-0.3, -0.25) is 4.79 Å². The Morgan fingerprint density at radius 1 is 1.57 bits per heavy atom. The van der Waals surface area contributed by atoms with Crippen molar-refractivity contribution in [3.05, 3.63) is 10.6 Å². The molecular formula is C8H10Br2O4. The Morgan fingerprint density at radius 3 is 2.64 bits per heavy atom. The van der Waals surface area contributed by atoms with Gasteiger partial charge in [-0.1, -0.05) is 31.9 Å². The molecule has 0 aliphatic heterocycles. The van der Waals surface area contributed by atoms with E-state index in [0.717, 1.165) is 0 Å². The van der Waals surface area contributed by atoms with E-state index in [1.165, 1.54) is 13.0 Å². The average Bonchev–Trinajstić information content (AvgIpc) is 2.10. The van der Waals surface area contributed by atoms with Crippen LogP contribution in [0.1, 0.15) is 6.92 Å². The van der Waals surface area contributed by atoms with E-state index < -0.39 is 29.1 Å². The van der Waals surface area contributed by atoms with Crippen molar-refractivity contribution >= 4 is 37.8 Å². The van der Waals surface area contributed by atoms with Crippen LogP contribution in [-0.4, -0.2) is 39.3 Å². The predicted octanol–water partition coefficient (Wildman–Crippen LogP) is 0.696. The number of carbonyl (C=O) groups excluding carboxylic acids is 1. The molecule has 1 rings (SSSR count). The third-order valence-electron chi connectivity index (χ3n) is 1.87. The minimum Gasteiger partial charge on any atom is -0.455 e. The Kier molecular flexibility index (Phi) is 4.12. The molecule has 4 nitrogen and oxygen atoms in total. The van der Waals surface area contributed by atoms with Crippen LogP contribution in [0.4, 0.5) is 0 Å². The maximum atomic E-state index is 10.7. The van der Waals surface area contributed by atoms with E-state index in [1.54, 1.807) is 0 Å². The molecule has 0 saturated heterocycles. The fourth-order valence-corrected chi connectivity index (χ4v) is 2.66. The molecular weight excluding hydrogens is 320 g/mol. The molecule has 0 spiro atoms. The summed E-state index contributed by atoms with van der Waals surface area (Å²) in [7, 11) is 0. The van der Waals surface area contributed by atoms with Gasteiger partial charge in [-0.15, -0.1) is 0 Å². The molecule has 6 heteroatoms. The molecule has 0 fully saturated rings. The van der Waals surface area contributed by atoms with Gasteiger partial charge in [-0.2, -0.15) is 0 Å². The van der Waals surface area contributed by atoms with Crippen LogP contribution in [0.5, 0.6) is 0 Å². The summed E-state index contributed by atoms with van der Waals surface area (Å²) in [5, 5.41) is 19.1. The summed E-state index contributed by atoms with van der Waals surface area (Å²) in [6.45, 7) is 1.27. The van der Waals surface area contributed by atoms with Gasteiger partial charge >= 0.3 is 5.97 Å². The zero-order valence-corrected chi connectivity index (χ0v) is 10.5. The summed E-state index contributed by atoms with van der Waals surface area (Å²) in [4.78, 5) is 10.1. The lowest BCUT2D eigenvalue weighted by Crippen LogP contribution is -2.45. The van der Waals surface area contributed by atoms with Crippen molar-refractivity contribution in [3.63, 3.8) is 0 Å². The first kappa shape index (κ1) is 12.2. The molecule has 14 heavy (non-hydrogen) atoms. The first-order valence-corrected chi connectivity index (χ1v) is 5.69. The molecule has 0 aromatic rings. The Hall–Kier alpha value is 0.0900. The Balaban J connectivity index is 2.81. The molecule has 0 bridgehead atoms. The van der Waals surface area contributed by atoms with Crippen molar-refractivity contribution < 1.29 is 19.7 Å². The predicted molar refractivity (Wildman–Crippen MR) is 57.3 cm³/mol. The van der Waals surface area contributed by atoms with E-state index in [4.69, 9.17) is 4.74 Å². The van der Waals surface area contributed by atoms with E-state index >= 15 is 0 Å². The van der Waals surface area contributed by atoms with Gasteiger partial charge in [0.05, 0.1) is 4.83 Å². The Labute approximate surface area is 98.2 Å². The smallest absolute Gasteiger partial charge is 0.303 e. The van der Waals surface area contributed by atoms with Crippen molar-refractivity contribution in [2.24, 2.45) is 0 Å². The van der Waals surface area contributed by atoms with E-state index in [-0.39, 0.29) is 0 Å². The number of esters is 1. The second-order valence-corrected chi connectivity index (χ2v) is 4.98. The highest BCUT2D eigenvalue weighted by atomic mass is 79.9. The standard InChI is InChI=1S/C8H10Br2O4/c1-3(11)14-5-2-4(9)7(12)6(10)8(5)13/h2,5-8,12-13H,1H3. The first-order chi connectivity index (χ1) is 6.43. The van der Waals surface area contributed by atoms with Gasteiger partial charge in [0, 0.05) is 11.4 Å². The summed E-state index contributed by atoms with van der Waals surface area (Å²) >= 11 is 6.26. The second-order valence-electron chi connectivity index (χ2n) is 3.01. The Morgan fingerprint density at radius 2 is 2.14 bits per heavy atom. The number of aliphatic hydroxyl groups is 2. The van der Waals surface area contributed by atoms with Gasteiger partial charge in [0.15, 0.2) is 0 Å². The molecule has 0 amide bonds. The topological polar surface area (TPSA) is 66.8 Å². The Bertz CT molecular complexity index is 266. The molecule has 1 aliphatic rings. The fraction of sp³-hybridized carbons (Fsp3) is 0.625. The van der Waals surface area contributed by atoms with Gasteiger partial charge in [0.2, 0.25) is 0 Å². The number of aliphatic hydroxyl groups excluding tert-OH is 2. The number of hydrogen-bond donors (Lipinski definition) is 2. The number of rotatable bonds is 1. The largest absolute Gasteiger partial charge is 0.455 e. The van der Waals surface area contributed by atoms with E-state index in [0.29, 0.717) is 4.48 Å². The van der Waals surface area contributed by atoms with Gasteiger partial charge in [-0.05, 0) is 6.08 Å². The van der Waals surface area contributed by atoms with Crippen LogP contribution < -0.4 is 0 Å². The first-order valence-electron chi connectivity index (χ1n) is 3.98. The van der Waals surface area contributed by atoms with Crippen LogP contribution in [0.2, 0.25) is 0 Å². The summed E-state index contributed by atoms with van der Waals surface area (Å²) in [6.07, 6.45) is -1.02. The minimum absolute atomic E-state index is 0.471. The van der Waals surface area contributed by atoms with Crippen molar-refractivity contribution in [1.29, 1.82) is 0 Å². The summed E-state index contributed by atoms with van der Waals surface area (Å²) in [5.74, 6) is -0.471. The lowest BCUT2D eigenvalue weighted by molar-refractivity contribution is -0.149. The highest BCUT2D eigenvalue weighted by Crippen LogP contribution is 2.30. The summed E-state index contributed by atoms with van der Waals surface area (Å²) in [5.41, 5.74) is 0. The third-order valence-corrected chi connectivity index (χ3v) is 3.65. The molecule has 0 radical (unpaired) electrons. The van der Waals surface area contributed by atoms with E-state index in [9.17, 15) is 15.0 Å². The maximum Gasteiger partial charge on any atom is 0.303 e. The quantitative estimate of drug-likeness (QED) is 0.549. The van der Waals surface area contributed by atoms with Gasteiger partial charge < -0.3 is 14.9 Å². The summed E-state index contributed by atoms with van der Waals surface area (Å²) < 4.78 is 5.35. The molecule has 0 heterocycles. The molecule has 1 aliphatic carbocycles. The number of halogens is 2. The minimum atomic E-state index is -0.949. The van der Waals surface area contributed by atoms with Crippen LogP contribution in [-0.2, 0) is 9.53 Å². The van der Waals surface area contributed by atoms with Gasteiger partial charge in [0.25, 0.3) is 0 Å². The molecule has 4 atom stereocenters. The zero-order valence-electron chi connectivity index (χ0n) is 7.35. The van der Waals surface area contributed by atoms with Crippen LogP contribution in [0.15, 0.2) is 10.6 Å². The van der Waals surface area contributed by atoms with E-state index in [1.807, 2.05) is 0 Å². The zero-order chi connectivity index (χ0) is 10.9. The SMILES string of the molecule is CC(=O)OC1C=C(Br)C(O)C(Br)C1O. The van der Waals surface area contributed by atoms with Crippen molar-refractivity contribution in [2.45, 2.75) is 30.1 Å². The summed E-state index contributed by atoms with van der Waals surface area (Å²) in [6, 6.07) is 0. The van der Waals surface area contributed by atoms with Crippen molar-refractivity contribution in [2.75, 3.05) is 0 Å². The number of ether oxygens (including phenoxy) is 1. The molecule has 0 aromatic carbocycles. The van der Waals surface area contributed by atoms with Crippen molar-refractivity contribution in [3.8, 4) is 0 Å². The highest BCUT2D eigenvalue weighted by Gasteiger charge is 2.37. The highest BCUT2D eigenvalue weighted by molar-refractivity contribution is 9.12. The van der Waals surface area contributed by atoms with Gasteiger partial charge in [-0.25, -0.2) is 0 Å². The van der Waals surface area contributed by atoms with E-state index in [2.05, 4.69) is 31.9 Å². The van der Waals surface area contributed by atoms with Crippen molar-refractivity contribution in [1.82, 2.24) is 0 Å². The number of hydrogen-bond acceptors (Lipinski definition) is 4. The van der Waals surface area contributed by atoms with Crippen LogP contribution in [0.3, 0.4) is 0 Å².